The lowest BCUT2D eigenvalue weighted by Gasteiger charge is -2.11. The minimum absolute atomic E-state index is 0.215. The number of aryl methyl sites for hydroxylation is 1. The Morgan fingerprint density at radius 1 is 1.06 bits per heavy atom. The zero-order valence-electron chi connectivity index (χ0n) is 9.47. The molecule has 1 heterocycles. The number of benzene rings is 1. The number of halogens is 3. The zero-order chi connectivity index (χ0) is 13.3. The molecule has 0 spiro atoms. The highest BCUT2D eigenvalue weighted by molar-refractivity contribution is 6.37. The van der Waals surface area contributed by atoms with Crippen molar-refractivity contribution < 1.29 is 0 Å². The van der Waals surface area contributed by atoms with Gasteiger partial charge in [-0.05, 0) is 30.7 Å². The highest BCUT2D eigenvalue weighted by Gasteiger charge is 2.09. The van der Waals surface area contributed by atoms with Gasteiger partial charge in [0.25, 0.3) is 0 Å². The van der Waals surface area contributed by atoms with Gasteiger partial charge in [0, 0.05) is 0 Å². The predicted molar refractivity (Wildman–Crippen MR) is 78.1 cm³/mol. The van der Waals surface area contributed by atoms with Crippen LogP contribution < -0.4 is 11.1 Å². The van der Waals surface area contributed by atoms with E-state index in [2.05, 4.69) is 10.3 Å². The molecule has 0 fully saturated rings. The second kappa shape index (κ2) is 5.22. The molecule has 18 heavy (non-hydrogen) atoms. The van der Waals surface area contributed by atoms with Crippen LogP contribution in [-0.2, 0) is 0 Å². The van der Waals surface area contributed by atoms with Crippen molar-refractivity contribution in [2.45, 2.75) is 6.92 Å². The Hall–Kier alpha value is -1.16. The molecule has 0 aliphatic carbocycles. The molecular weight excluding hydrogens is 293 g/mol. The van der Waals surface area contributed by atoms with E-state index < -0.39 is 0 Å². The normalized spacial score (nSPS) is 10.4. The Kier molecular flexibility index (Phi) is 3.85. The Balaban J connectivity index is 2.40. The van der Waals surface area contributed by atoms with Crippen molar-refractivity contribution in [2.24, 2.45) is 0 Å². The molecule has 0 saturated carbocycles. The van der Waals surface area contributed by atoms with E-state index in [1.54, 1.807) is 6.07 Å². The van der Waals surface area contributed by atoms with Gasteiger partial charge in [-0.25, -0.2) is 4.98 Å². The molecule has 3 nitrogen and oxygen atoms in total. The van der Waals surface area contributed by atoms with E-state index in [0.717, 1.165) is 5.56 Å². The Bertz CT molecular complexity index is 599. The second-order valence-electron chi connectivity index (χ2n) is 3.79. The molecule has 0 atom stereocenters. The molecule has 0 saturated heterocycles. The highest BCUT2D eigenvalue weighted by atomic mass is 35.5. The number of nitrogens with one attached hydrogen (secondary N) is 1. The third-order valence-electron chi connectivity index (χ3n) is 2.33. The summed E-state index contributed by atoms with van der Waals surface area (Å²) in [5.74, 6) is 0.637. The van der Waals surface area contributed by atoms with Gasteiger partial charge in [0.2, 0.25) is 0 Å². The highest BCUT2D eigenvalue weighted by Crippen LogP contribution is 2.32. The van der Waals surface area contributed by atoms with Crippen LogP contribution in [0.1, 0.15) is 5.56 Å². The van der Waals surface area contributed by atoms with Gasteiger partial charge < -0.3 is 11.1 Å². The number of nitrogen functional groups attached to an aromatic ring is 1. The summed E-state index contributed by atoms with van der Waals surface area (Å²) in [6, 6.07) is 7.15. The number of nitrogens with two attached hydrogens (primary N) is 1. The van der Waals surface area contributed by atoms with Crippen LogP contribution >= 0.6 is 34.8 Å². The topological polar surface area (TPSA) is 50.9 Å². The molecule has 94 valence electrons. The van der Waals surface area contributed by atoms with E-state index in [1.807, 2.05) is 19.1 Å². The third-order valence-corrected chi connectivity index (χ3v) is 3.25. The number of aromatic nitrogens is 1. The molecule has 6 heteroatoms. The molecule has 3 N–H and O–H groups in total. The minimum Gasteiger partial charge on any atom is -0.382 e. The van der Waals surface area contributed by atoms with E-state index >= 15 is 0 Å². The molecule has 0 unspecified atom stereocenters. The smallest absolute Gasteiger partial charge is 0.151 e. The minimum atomic E-state index is 0.215. The van der Waals surface area contributed by atoms with Crippen molar-refractivity contribution in [1.82, 2.24) is 4.98 Å². The van der Waals surface area contributed by atoms with Crippen molar-refractivity contribution in [3.8, 4) is 0 Å². The summed E-state index contributed by atoms with van der Waals surface area (Å²) in [7, 11) is 0. The second-order valence-corrected chi connectivity index (χ2v) is 5.02. The molecule has 1 aromatic carbocycles. The summed E-state index contributed by atoms with van der Waals surface area (Å²) < 4.78 is 0. The van der Waals surface area contributed by atoms with Crippen molar-refractivity contribution in [3.05, 3.63) is 44.9 Å². The van der Waals surface area contributed by atoms with Gasteiger partial charge in [-0.1, -0.05) is 40.9 Å². The van der Waals surface area contributed by atoms with Crippen LogP contribution in [0.5, 0.6) is 0 Å². The number of hydrogen-bond acceptors (Lipinski definition) is 3. The quantitative estimate of drug-likeness (QED) is 0.847. The summed E-state index contributed by atoms with van der Waals surface area (Å²) in [4.78, 5) is 4.08. The van der Waals surface area contributed by atoms with Crippen LogP contribution in [0.2, 0.25) is 15.1 Å². The van der Waals surface area contributed by atoms with E-state index in [0.29, 0.717) is 26.6 Å². The van der Waals surface area contributed by atoms with E-state index in [-0.39, 0.29) is 5.82 Å². The molecule has 2 rings (SSSR count). The number of nitrogens with zero attached hydrogens (tertiary/aromatic N) is 1. The fourth-order valence-electron chi connectivity index (χ4n) is 1.43. The summed E-state index contributed by atoms with van der Waals surface area (Å²) in [6.07, 6.45) is 0. The average molecular weight is 303 g/mol. The average Bonchev–Trinajstić information content (AvgIpc) is 2.30. The molecule has 2 aromatic rings. The Morgan fingerprint density at radius 3 is 2.50 bits per heavy atom. The van der Waals surface area contributed by atoms with Crippen molar-refractivity contribution in [2.75, 3.05) is 11.1 Å². The molecule has 0 aliphatic rings. The van der Waals surface area contributed by atoms with E-state index in [9.17, 15) is 0 Å². The van der Waals surface area contributed by atoms with Crippen LogP contribution in [0, 0.1) is 6.92 Å². The predicted octanol–water partition coefficient (Wildman–Crippen LogP) is 4.68. The summed E-state index contributed by atoms with van der Waals surface area (Å²) in [5.41, 5.74) is 7.42. The fourth-order valence-corrected chi connectivity index (χ4v) is 2.00. The van der Waals surface area contributed by atoms with Crippen molar-refractivity contribution in [3.63, 3.8) is 0 Å². The Labute approximate surface area is 120 Å². The van der Waals surface area contributed by atoms with Crippen LogP contribution in [0.15, 0.2) is 24.3 Å². The van der Waals surface area contributed by atoms with Crippen LogP contribution in [0.4, 0.5) is 17.3 Å². The summed E-state index contributed by atoms with van der Waals surface area (Å²) in [5, 5.41) is 4.31. The summed E-state index contributed by atoms with van der Waals surface area (Å²) in [6.45, 7) is 1.97. The lowest BCUT2D eigenvalue weighted by Crippen LogP contribution is -1.99. The molecule has 1 aromatic heterocycles. The number of pyridine rings is 1. The molecular formula is C12H10Cl3N3. The van der Waals surface area contributed by atoms with Crippen molar-refractivity contribution >= 4 is 52.1 Å². The number of hydrogen-bond donors (Lipinski definition) is 2. The lowest BCUT2D eigenvalue weighted by atomic mass is 10.2. The van der Waals surface area contributed by atoms with Crippen LogP contribution in [-0.4, -0.2) is 4.98 Å². The first-order chi connectivity index (χ1) is 8.47. The Morgan fingerprint density at radius 2 is 1.78 bits per heavy atom. The lowest BCUT2D eigenvalue weighted by molar-refractivity contribution is 1.31. The van der Waals surface area contributed by atoms with Crippen molar-refractivity contribution in [1.29, 1.82) is 0 Å². The first-order valence-electron chi connectivity index (χ1n) is 5.12. The van der Waals surface area contributed by atoms with Gasteiger partial charge in [0.15, 0.2) is 5.82 Å². The monoisotopic (exact) mass is 301 g/mol. The number of rotatable bonds is 2. The summed E-state index contributed by atoms with van der Waals surface area (Å²) >= 11 is 17.9. The molecule has 0 bridgehead atoms. The van der Waals surface area contributed by atoms with Gasteiger partial charge >= 0.3 is 0 Å². The van der Waals surface area contributed by atoms with Gasteiger partial charge in [0.1, 0.15) is 5.82 Å². The maximum Gasteiger partial charge on any atom is 0.151 e. The van der Waals surface area contributed by atoms with Gasteiger partial charge in [-0.3, -0.25) is 0 Å². The maximum atomic E-state index is 6.08. The first kappa shape index (κ1) is 13.3. The first-order valence-corrected chi connectivity index (χ1v) is 6.25. The van der Waals surface area contributed by atoms with E-state index in [4.69, 9.17) is 40.5 Å². The number of anilines is 3. The standard InChI is InChI=1S/C12H10Cl3N3/c1-6-2-3-7(13)10(4-6)17-12-9(15)5-8(14)11(16)18-12/h2-5H,1H3,(H3,16,17,18). The van der Waals surface area contributed by atoms with Crippen LogP contribution in [0.25, 0.3) is 0 Å². The van der Waals surface area contributed by atoms with Crippen LogP contribution in [0.3, 0.4) is 0 Å². The third kappa shape index (κ3) is 2.80. The SMILES string of the molecule is Cc1ccc(Cl)c(Nc2nc(N)c(Cl)cc2Cl)c1. The fraction of sp³-hybridized carbons (Fsp3) is 0.0833. The molecule has 0 amide bonds. The van der Waals surface area contributed by atoms with Gasteiger partial charge in [-0.2, -0.15) is 0 Å². The van der Waals surface area contributed by atoms with Gasteiger partial charge in [0.05, 0.1) is 20.8 Å². The largest absolute Gasteiger partial charge is 0.382 e. The molecule has 0 aliphatic heterocycles. The van der Waals surface area contributed by atoms with Gasteiger partial charge in [-0.15, -0.1) is 0 Å². The van der Waals surface area contributed by atoms with E-state index in [1.165, 1.54) is 6.07 Å². The molecule has 0 radical (unpaired) electrons. The maximum absolute atomic E-state index is 6.08. The zero-order valence-corrected chi connectivity index (χ0v) is 11.7.